The van der Waals surface area contributed by atoms with E-state index in [1.165, 1.54) is 16.7 Å². The molecule has 0 spiro atoms. The quantitative estimate of drug-likeness (QED) is 0.834. The van der Waals surface area contributed by atoms with Crippen molar-refractivity contribution in [2.75, 3.05) is 18.8 Å². The molecule has 3 rings (SSSR count). The van der Waals surface area contributed by atoms with Crippen LogP contribution < -0.4 is 10.0 Å². The highest BCUT2D eigenvalue weighted by Gasteiger charge is 2.29. The van der Waals surface area contributed by atoms with Gasteiger partial charge in [-0.05, 0) is 36.1 Å². The van der Waals surface area contributed by atoms with Gasteiger partial charge in [-0.3, -0.25) is 0 Å². The zero-order chi connectivity index (χ0) is 17.7. The van der Waals surface area contributed by atoms with Gasteiger partial charge in [0.15, 0.2) is 0 Å². The Morgan fingerprint density at radius 3 is 2.40 bits per heavy atom. The number of nitrogens with one attached hydrogen (secondary N) is 2. The topological polar surface area (TPSA) is 58.2 Å². The first-order valence-corrected chi connectivity index (χ1v) is 10.6. The van der Waals surface area contributed by atoms with Crippen LogP contribution in [0, 0.1) is 0 Å². The fourth-order valence-corrected chi connectivity index (χ4v) is 4.86. The van der Waals surface area contributed by atoms with Crippen LogP contribution in [0.25, 0.3) is 11.1 Å². The van der Waals surface area contributed by atoms with Crippen LogP contribution >= 0.6 is 0 Å². The standard InChI is InChI=1S/C20H26N2O2S/c1-2-14-25(23,24)22-20-15-21-13-12-19(20)18-10-8-17(9-11-18)16-6-4-3-5-7-16/h3-11,19-22H,2,12-15H2,1H3/t19-,20-/m1/s1. The molecule has 0 bridgehead atoms. The SMILES string of the molecule is CCCS(=O)(=O)N[C@@H]1CNCC[C@@H]1c1ccc(-c2ccccc2)cc1. The van der Waals surface area contributed by atoms with Crippen LogP contribution in [0.4, 0.5) is 0 Å². The van der Waals surface area contributed by atoms with Gasteiger partial charge in [-0.1, -0.05) is 61.5 Å². The van der Waals surface area contributed by atoms with E-state index in [4.69, 9.17) is 0 Å². The Hall–Kier alpha value is -1.69. The summed E-state index contributed by atoms with van der Waals surface area (Å²) in [5.74, 6) is 0.390. The van der Waals surface area contributed by atoms with E-state index in [1.54, 1.807) is 0 Å². The van der Waals surface area contributed by atoms with Crippen molar-refractivity contribution in [3.05, 3.63) is 60.2 Å². The summed E-state index contributed by atoms with van der Waals surface area (Å²) < 4.78 is 27.3. The molecule has 25 heavy (non-hydrogen) atoms. The molecule has 0 amide bonds. The highest BCUT2D eigenvalue weighted by molar-refractivity contribution is 7.89. The van der Waals surface area contributed by atoms with Crippen molar-refractivity contribution in [3.63, 3.8) is 0 Å². The third kappa shape index (κ3) is 4.69. The molecule has 0 unspecified atom stereocenters. The van der Waals surface area contributed by atoms with Crippen LogP contribution in [0.5, 0.6) is 0 Å². The maximum atomic E-state index is 12.2. The summed E-state index contributed by atoms with van der Waals surface area (Å²) in [7, 11) is -3.21. The number of benzene rings is 2. The van der Waals surface area contributed by atoms with E-state index in [1.807, 2.05) is 25.1 Å². The van der Waals surface area contributed by atoms with Crippen LogP contribution in [0.1, 0.15) is 31.2 Å². The molecule has 2 atom stereocenters. The lowest BCUT2D eigenvalue weighted by molar-refractivity contribution is 0.378. The second-order valence-corrected chi connectivity index (χ2v) is 8.50. The van der Waals surface area contributed by atoms with Gasteiger partial charge >= 0.3 is 0 Å². The summed E-state index contributed by atoms with van der Waals surface area (Å²) in [6.07, 6.45) is 1.57. The lowest BCUT2D eigenvalue weighted by Gasteiger charge is -2.33. The molecule has 2 N–H and O–H groups in total. The molecule has 134 valence electrons. The Morgan fingerprint density at radius 1 is 1.04 bits per heavy atom. The summed E-state index contributed by atoms with van der Waals surface area (Å²) in [6.45, 7) is 3.48. The van der Waals surface area contributed by atoms with E-state index in [0.717, 1.165) is 13.0 Å². The predicted octanol–water partition coefficient (Wildman–Crippen LogP) is 3.13. The molecule has 1 fully saturated rings. The summed E-state index contributed by atoms with van der Waals surface area (Å²) in [6, 6.07) is 18.7. The Balaban J connectivity index is 1.78. The van der Waals surface area contributed by atoms with Crippen molar-refractivity contribution >= 4 is 10.0 Å². The van der Waals surface area contributed by atoms with Gasteiger partial charge in [0.25, 0.3) is 0 Å². The summed E-state index contributed by atoms with van der Waals surface area (Å²) in [5.41, 5.74) is 3.58. The number of piperidine rings is 1. The van der Waals surface area contributed by atoms with E-state index in [2.05, 4.69) is 46.4 Å². The smallest absolute Gasteiger partial charge is 0.211 e. The van der Waals surface area contributed by atoms with Crippen molar-refractivity contribution in [1.29, 1.82) is 0 Å². The molecule has 2 aromatic carbocycles. The average Bonchev–Trinajstić information content (AvgIpc) is 2.63. The molecule has 1 saturated heterocycles. The Kier molecular flexibility index (Phi) is 5.89. The van der Waals surface area contributed by atoms with Crippen molar-refractivity contribution in [2.45, 2.75) is 31.7 Å². The van der Waals surface area contributed by atoms with E-state index in [0.29, 0.717) is 13.0 Å². The molecule has 0 aliphatic carbocycles. The molecule has 0 radical (unpaired) electrons. The van der Waals surface area contributed by atoms with Crippen LogP contribution in [-0.4, -0.2) is 33.3 Å². The van der Waals surface area contributed by atoms with Gasteiger partial charge in [-0.2, -0.15) is 0 Å². The molecule has 1 aliphatic heterocycles. The minimum Gasteiger partial charge on any atom is -0.315 e. The van der Waals surface area contributed by atoms with Gasteiger partial charge in [0.2, 0.25) is 10.0 Å². The molecule has 1 heterocycles. The van der Waals surface area contributed by atoms with Crippen LogP contribution in [-0.2, 0) is 10.0 Å². The van der Waals surface area contributed by atoms with E-state index in [-0.39, 0.29) is 17.7 Å². The number of hydrogen-bond acceptors (Lipinski definition) is 3. The second-order valence-electron chi connectivity index (χ2n) is 6.63. The van der Waals surface area contributed by atoms with Crippen molar-refractivity contribution in [3.8, 4) is 11.1 Å². The van der Waals surface area contributed by atoms with Crippen molar-refractivity contribution in [1.82, 2.24) is 10.0 Å². The molecular formula is C20H26N2O2S. The van der Waals surface area contributed by atoms with E-state index in [9.17, 15) is 8.42 Å². The third-order valence-corrected chi connectivity index (χ3v) is 6.34. The lowest BCUT2D eigenvalue weighted by Crippen LogP contribution is -2.50. The molecular weight excluding hydrogens is 332 g/mol. The third-order valence-electron chi connectivity index (χ3n) is 4.73. The molecule has 0 saturated carbocycles. The molecule has 1 aliphatic rings. The fourth-order valence-electron chi connectivity index (χ4n) is 3.49. The fraction of sp³-hybridized carbons (Fsp3) is 0.400. The van der Waals surface area contributed by atoms with Crippen molar-refractivity contribution in [2.24, 2.45) is 0 Å². The van der Waals surface area contributed by atoms with Gasteiger partial charge in [0, 0.05) is 18.5 Å². The van der Waals surface area contributed by atoms with Gasteiger partial charge < -0.3 is 5.32 Å². The van der Waals surface area contributed by atoms with Gasteiger partial charge in [0.1, 0.15) is 0 Å². The average molecular weight is 359 g/mol. The lowest BCUT2D eigenvalue weighted by atomic mass is 9.86. The van der Waals surface area contributed by atoms with E-state index < -0.39 is 10.0 Å². The molecule has 2 aromatic rings. The van der Waals surface area contributed by atoms with Crippen LogP contribution in [0.3, 0.4) is 0 Å². The van der Waals surface area contributed by atoms with Gasteiger partial charge in [-0.15, -0.1) is 0 Å². The Labute approximate surface area is 150 Å². The normalized spacial score (nSPS) is 21.2. The highest BCUT2D eigenvalue weighted by atomic mass is 32.2. The predicted molar refractivity (Wildman–Crippen MR) is 103 cm³/mol. The van der Waals surface area contributed by atoms with Crippen LogP contribution in [0.15, 0.2) is 54.6 Å². The maximum Gasteiger partial charge on any atom is 0.211 e. The van der Waals surface area contributed by atoms with Crippen molar-refractivity contribution < 1.29 is 8.42 Å². The number of hydrogen-bond donors (Lipinski definition) is 2. The van der Waals surface area contributed by atoms with E-state index >= 15 is 0 Å². The van der Waals surface area contributed by atoms with Crippen LogP contribution in [0.2, 0.25) is 0 Å². The zero-order valence-corrected chi connectivity index (χ0v) is 15.4. The summed E-state index contributed by atoms with van der Waals surface area (Å²) in [4.78, 5) is 0. The first-order chi connectivity index (χ1) is 12.1. The summed E-state index contributed by atoms with van der Waals surface area (Å²) >= 11 is 0. The maximum absolute atomic E-state index is 12.2. The number of rotatable bonds is 6. The molecule has 4 nitrogen and oxygen atoms in total. The largest absolute Gasteiger partial charge is 0.315 e. The monoisotopic (exact) mass is 358 g/mol. The summed E-state index contributed by atoms with van der Waals surface area (Å²) in [5, 5.41) is 3.31. The minimum absolute atomic E-state index is 0.0899. The highest BCUT2D eigenvalue weighted by Crippen LogP contribution is 2.28. The zero-order valence-electron chi connectivity index (χ0n) is 14.6. The minimum atomic E-state index is -3.21. The Bertz CT molecular complexity index is 773. The first kappa shape index (κ1) is 18.1. The second kappa shape index (κ2) is 8.13. The first-order valence-electron chi connectivity index (χ1n) is 8.95. The molecule has 5 heteroatoms. The molecule has 0 aromatic heterocycles. The van der Waals surface area contributed by atoms with Gasteiger partial charge in [0.05, 0.1) is 5.75 Å². The number of sulfonamides is 1. The Morgan fingerprint density at radius 2 is 1.72 bits per heavy atom. The van der Waals surface area contributed by atoms with Gasteiger partial charge in [-0.25, -0.2) is 13.1 Å².